The number of hydrogen-bond donors (Lipinski definition) is 1. The molecule has 4 aromatic rings. The summed E-state index contributed by atoms with van der Waals surface area (Å²) in [6.07, 6.45) is 0.0176. The van der Waals surface area contributed by atoms with Gasteiger partial charge in [0.2, 0.25) is 0 Å². The van der Waals surface area contributed by atoms with E-state index in [0.29, 0.717) is 11.3 Å². The van der Waals surface area contributed by atoms with E-state index in [4.69, 9.17) is 14.2 Å². The van der Waals surface area contributed by atoms with Crippen LogP contribution in [0.3, 0.4) is 0 Å². The molecule has 2 aliphatic heterocycles. The maximum Gasteiger partial charge on any atom is 0.417 e. The number of alkyl halides is 3. The highest BCUT2D eigenvalue weighted by atomic mass is 32.1. The first-order valence-corrected chi connectivity index (χ1v) is 15.1. The molecule has 4 heterocycles. The molecule has 0 spiro atoms. The summed E-state index contributed by atoms with van der Waals surface area (Å²) in [5.74, 6) is 0.00834. The van der Waals surface area contributed by atoms with Crippen LogP contribution in [-0.2, 0) is 17.5 Å². The Morgan fingerprint density at radius 3 is 2.71 bits per heavy atom. The number of carbonyl (C=O) groups is 1. The predicted molar refractivity (Wildman–Crippen MR) is 152 cm³/mol. The third kappa shape index (κ3) is 4.66. The second-order valence-corrected chi connectivity index (χ2v) is 12.8. The van der Waals surface area contributed by atoms with Gasteiger partial charge in [0.1, 0.15) is 11.5 Å². The molecule has 11 heteroatoms. The van der Waals surface area contributed by atoms with Crippen molar-refractivity contribution in [2.45, 2.75) is 82.8 Å². The largest absolute Gasteiger partial charge is 0.478 e. The Labute approximate surface area is 244 Å². The SMILES string of the molecule is Cc1cc(C(=O)O)cc2sc(N3C4CCC3C(C)C(OCc3c(-c5ccccc5C(F)(F)F)noc3C3CC3)C4)nc12. The van der Waals surface area contributed by atoms with Crippen LogP contribution in [0.1, 0.15) is 77.8 Å². The van der Waals surface area contributed by atoms with Gasteiger partial charge in [-0.3, -0.25) is 0 Å². The molecule has 1 aliphatic carbocycles. The minimum atomic E-state index is -4.51. The summed E-state index contributed by atoms with van der Waals surface area (Å²) in [6, 6.07) is 9.26. The molecule has 42 heavy (non-hydrogen) atoms. The van der Waals surface area contributed by atoms with E-state index < -0.39 is 17.7 Å². The molecule has 0 radical (unpaired) electrons. The highest BCUT2D eigenvalue weighted by molar-refractivity contribution is 7.22. The molecule has 2 aromatic carbocycles. The summed E-state index contributed by atoms with van der Waals surface area (Å²) in [4.78, 5) is 18.9. The fourth-order valence-electron chi connectivity index (χ4n) is 6.79. The second-order valence-electron chi connectivity index (χ2n) is 11.8. The van der Waals surface area contributed by atoms with Crippen LogP contribution >= 0.6 is 11.3 Å². The van der Waals surface area contributed by atoms with E-state index in [1.807, 2.05) is 6.92 Å². The van der Waals surface area contributed by atoms with Gasteiger partial charge >= 0.3 is 12.1 Å². The normalized spacial score (nSPS) is 24.1. The lowest BCUT2D eigenvalue weighted by Crippen LogP contribution is -2.51. The Morgan fingerprint density at radius 2 is 1.98 bits per heavy atom. The van der Waals surface area contributed by atoms with Crippen molar-refractivity contribution in [2.24, 2.45) is 5.92 Å². The van der Waals surface area contributed by atoms with Crippen molar-refractivity contribution in [2.75, 3.05) is 4.90 Å². The number of hydrogen-bond acceptors (Lipinski definition) is 7. The van der Waals surface area contributed by atoms with E-state index in [0.717, 1.165) is 59.1 Å². The maximum atomic E-state index is 13.9. The molecule has 3 fully saturated rings. The molecule has 7 rings (SSSR count). The Kier molecular flexibility index (Phi) is 6.58. The average molecular weight is 598 g/mol. The molecule has 2 bridgehead atoms. The molecule has 2 aromatic heterocycles. The van der Waals surface area contributed by atoms with Crippen LogP contribution < -0.4 is 4.90 Å². The summed E-state index contributed by atoms with van der Waals surface area (Å²) in [5.41, 5.74) is 2.04. The van der Waals surface area contributed by atoms with Gasteiger partial charge in [-0.2, -0.15) is 13.2 Å². The minimum absolute atomic E-state index is 0.0133. The Bertz CT molecular complexity index is 1680. The number of rotatable bonds is 7. The minimum Gasteiger partial charge on any atom is -0.478 e. The van der Waals surface area contributed by atoms with Gasteiger partial charge in [-0.25, -0.2) is 9.78 Å². The van der Waals surface area contributed by atoms with Crippen molar-refractivity contribution in [3.63, 3.8) is 0 Å². The number of nitrogens with zero attached hydrogens (tertiary/aromatic N) is 3. The second kappa shape index (κ2) is 10.1. The number of aromatic nitrogens is 2. The number of thiazole rings is 1. The predicted octanol–water partition coefficient (Wildman–Crippen LogP) is 7.82. The van der Waals surface area contributed by atoms with Gasteiger partial charge in [0.15, 0.2) is 5.13 Å². The van der Waals surface area contributed by atoms with Crippen LogP contribution in [0, 0.1) is 12.8 Å². The fourth-order valence-corrected chi connectivity index (χ4v) is 8.01. The van der Waals surface area contributed by atoms with E-state index in [9.17, 15) is 23.1 Å². The molecule has 3 aliphatic rings. The van der Waals surface area contributed by atoms with Crippen LogP contribution in [0.4, 0.5) is 18.3 Å². The molecule has 1 saturated carbocycles. The number of aromatic carboxylic acids is 1. The smallest absolute Gasteiger partial charge is 0.417 e. The Hall–Kier alpha value is -3.44. The van der Waals surface area contributed by atoms with Gasteiger partial charge in [0.05, 0.1) is 34.1 Å². The molecule has 2 saturated heterocycles. The van der Waals surface area contributed by atoms with E-state index >= 15 is 0 Å². The monoisotopic (exact) mass is 597 g/mol. The van der Waals surface area contributed by atoms with Gasteiger partial charge in [-0.05, 0) is 62.8 Å². The molecule has 4 atom stereocenters. The summed E-state index contributed by atoms with van der Waals surface area (Å²) >= 11 is 1.52. The molecule has 220 valence electrons. The standard InChI is InChI=1S/C31H30F3N3O4S/c1-15-11-18(29(38)39)12-25-26(15)35-30(42-25)37-19-9-10-23(37)16(2)24(13-19)40-14-21-27(36-41-28(21)17-7-8-17)20-5-3-4-6-22(20)31(32,33)34/h3-6,11-12,16-17,19,23-24H,7-10,13-14H2,1-2H3,(H,38,39). The molecule has 7 nitrogen and oxygen atoms in total. The van der Waals surface area contributed by atoms with E-state index in [2.05, 4.69) is 17.0 Å². The molecule has 1 N–H and O–H groups in total. The lowest BCUT2D eigenvalue weighted by molar-refractivity contribution is -0.137. The highest BCUT2D eigenvalue weighted by Crippen LogP contribution is 2.48. The first-order valence-electron chi connectivity index (χ1n) is 14.3. The summed E-state index contributed by atoms with van der Waals surface area (Å²) in [7, 11) is 0. The molecule has 0 amide bonds. The van der Waals surface area contributed by atoms with Gasteiger partial charge in [-0.15, -0.1) is 0 Å². The number of carboxylic acid groups (broad SMARTS) is 1. The molecular weight excluding hydrogens is 567 g/mol. The van der Waals surface area contributed by atoms with E-state index in [-0.39, 0.29) is 53.5 Å². The van der Waals surface area contributed by atoms with E-state index in [1.165, 1.54) is 23.5 Å². The van der Waals surface area contributed by atoms with Gasteiger partial charge in [0, 0.05) is 35.0 Å². The molecule has 4 unspecified atom stereocenters. The number of anilines is 1. The number of carboxylic acids is 1. The zero-order valence-corrected chi connectivity index (χ0v) is 24.0. The van der Waals surface area contributed by atoms with Gasteiger partial charge < -0.3 is 19.3 Å². The van der Waals surface area contributed by atoms with Crippen molar-refractivity contribution in [3.05, 3.63) is 64.4 Å². The number of halogens is 3. The summed E-state index contributed by atoms with van der Waals surface area (Å²) < 4.78 is 54.6. The van der Waals surface area contributed by atoms with Crippen LogP contribution in [-0.4, -0.2) is 39.4 Å². The number of ether oxygens (including phenoxy) is 1. The third-order valence-corrected chi connectivity index (χ3v) is 10.1. The van der Waals surface area contributed by atoms with Crippen molar-refractivity contribution >= 4 is 32.7 Å². The van der Waals surface area contributed by atoms with Crippen molar-refractivity contribution in [1.82, 2.24) is 10.1 Å². The zero-order chi connectivity index (χ0) is 29.3. The zero-order valence-electron chi connectivity index (χ0n) is 23.1. The van der Waals surface area contributed by atoms with Gasteiger partial charge in [0.25, 0.3) is 0 Å². The Morgan fingerprint density at radius 1 is 1.19 bits per heavy atom. The topological polar surface area (TPSA) is 88.7 Å². The highest BCUT2D eigenvalue weighted by Gasteiger charge is 2.47. The maximum absolute atomic E-state index is 13.9. The number of aryl methyl sites for hydroxylation is 1. The first kappa shape index (κ1) is 27.4. The fraction of sp³-hybridized carbons (Fsp3) is 0.452. The van der Waals surface area contributed by atoms with Crippen molar-refractivity contribution in [1.29, 1.82) is 0 Å². The van der Waals surface area contributed by atoms with Crippen LogP contribution in [0.2, 0.25) is 0 Å². The first-order chi connectivity index (χ1) is 20.1. The average Bonchev–Trinajstić information content (AvgIpc) is 3.41. The summed E-state index contributed by atoms with van der Waals surface area (Å²) in [6.45, 7) is 4.20. The summed E-state index contributed by atoms with van der Waals surface area (Å²) in [5, 5.41) is 14.5. The lowest BCUT2D eigenvalue weighted by Gasteiger charge is -2.43. The quantitative estimate of drug-likeness (QED) is 0.232. The molecular formula is C31H30F3N3O4S. The lowest BCUT2D eigenvalue weighted by atomic mass is 9.89. The van der Waals surface area contributed by atoms with Crippen molar-refractivity contribution < 1.29 is 32.3 Å². The van der Waals surface area contributed by atoms with Crippen molar-refractivity contribution in [3.8, 4) is 11.3 Å². The van der Waals surface area contributed by atoms with E-state index in [1.54, 1.807) is 18.2 Å². The Balaban J connectivity index is 1.14. The van der Waals surface area contributed by atoms with Gasteiger partial charge in [-0.1, -0.05) is 41.6 Å². The number of benzene rings is 2. The third-order valence-electron chi connectivity index (χ3n) is 9.08. The number of piperidine rings is 1. The van der Waals surface area contributed by atoms with Crippen LogP contribution in [0.25, 0.3) is 21.5 Å². The van der Waals surface area contributed by atoms with Crippen LogP contribution in [0.5, 0.6) is 0 Å². The van der Waals surface area contributed by atoms with Crippen LogP contribution in [0.15, 0.2) is 40.9 Å². The number of fused-ring (bicyclic) bond motifs is 3.